The molecule has 1 N–H and O–H groups in total. The topological polar surface area (TPSA) is 102 Å². The van der Waals surface area contributed by atoms with Crippen molar-refractivity contribution in [3.8, 4) is 0 Å². The molecular weight excluding hydrogens is 379 g/mol. The van der Waals surface area contributed by atoms with Gasteiger partial charge in [-0.25, -0.2) is 13.9 Å². The number of benzene rings is 1. The van der Waals surface area contributed by atoms with Crippen LogP contribution in [0, 0.1) is 12.7 Å². The second kappa shape index (κ2) is 9.44. The largest absolute Gasteiger partial charge is 0.450 e. The number of alkyl carbamates (subject to hydrolysis) is 1. The molecule has 0 radical (unpaired) electrons. The molecule has 0 bridgehead atoms. The van der Waals surface area contributed by atoms with Gasteiger partial charge < -0.3 is 15.0 Å². The molecule has 1 fully saturated rings. The highest BCUT2D eigenvalue weighted by Crippen LogP contribution is 2.21. The molecule has 2 aromatic rings. The van der Waals surface area contributed by atoms with Crippen LogP contribution in [0.1, 0.15) is 37.2 Å². The van der Waals surface area contributed by atoms with Crippen molar-refractivity contribution in [3.05, 3.63) is 41.5 Å². The van der Waals surface area contributed by atoms with Gasteiger partial charge in [-0.2, -0.15) is 0 Å². The Labute approximate surface area is 168 Å². The number of piperidine rings is 1. The van der Waals surface area contributed by atoms with E-state index in [1.807, 2.05) is 0 Å². The molecule has 1 aromatic carbocycles. The summed E-state index contributed by atoms with van der Waals surface area (Å²) in [7, 11) is 0. The fourth-order valence-corrected chi connectivity index (χ4v) is 3.49. The SMILES string of the molecule is CCOC(=O)NC1CCCN(C(=O)C(Cc2ccc(F)cc2)n2nnnc2C)C1. The lowest BCUT2D eigenvalue weighted by Gasteiger charge is -2.35. The molecule has 10 heteroatoms. The van der Waals surface area contributed by atoms with Crippen molar-refractivity contribution >= 4 is 12.0 Å². The van der Waals surface area contributed by atoms with Crippen molar-refractivity contribution in [2.75, 3.05) is 19.7 Å². The van der Waals surface area contributed by atoms with Gasteiger partial charge in [-0.15, -0.1) is 5.10 Å². The summed E-state index contributed by atoms with van der Waals surface area (Å²) in [6.07, 6.45) is 1.39. The Kier molecular flexibility index (Phi) is 6.73. The zero-order chi connectivity index (χ0) is 20.8. The minimum Gasteiger partial charge on any atom is -0.450 e. The smallest absolute Gasteiger partial charge is 0.407 e. The van der Waals surface area contributed by atoms with E-state index in [1.165, 1.54) is 16.8 Å². The molecular formula is C19H25FN6O3. The van der Waals surface area contributed by atoms with Gasteiger partial charge in [0.05, 0.1) is 6.61 Å². The number of hydrogen-bond acceptors (Lipinski definition) is 6. The highest BCUT2D eigenvalue weighted by atomic mass is 19.1. The van der Waals surface area contributed by atoms with Gasteiger partial charge in [0.1, 0.15) is 17.7 Å². The molecule has 0 saturated carbocycles. The van der Waals surface area contributed by atoms with E-state index in [1.54, 1.807) is 30.9 Å². The van der Waals surface area contributed by atoms with Gasteiger partial charge >= 0.3 is 6.09 Å². The Balaban J connectivity index is 1.76. The number of likely N-dealkylation sites (tertiary alicyclic amines) is 1. The molecule has 2 unspecified atom stereocenters. The summed E-state index contributed by atoms with van der Waals surface area (Å²) >= 11 is 0. The molecule has 1 saturated heterocycles. The lowest BCUT2D eigenvalue weighted by atomic mass is 10.0. The maximum atomic E-state index is 13.4. The van der Waals surface area contributed by atoms with E-state index in [4.69, 9.17) is 4.74 Å². The van der Waals surface area contributed by atoms with Crippen LogP contribution in [-0.4, -0.2) is 62.8 Å². The summed E-state index contributed by atoms with van der Waals surface area (Å²) in [5, 5.41) is 14.3. The van der Waals surface area contributed by atoms with E-state index in [0.717, 1.165) is 18.4 Å². The average Bonchev–Trinajstić information content (AvgIpc) is 3.13. The van der Waals surface area contributed by atoms with Crippen LogP contribution in [0.25, 0.3) is 0 Å². The van der Waals surface area contributed by atoms with Gasteiger partial charge in [0.25, 0.3) is 0 Å². The van der Waals surface area contributed by atoms with E-state index < -0.39 is 12.1 Å². The first kappa shape index (κ1) is 20.7. The lowest BCUT2D eigenvalue weighted by molar-refractivity contribution is -0.136. The fourth-order valence-electron chi connectivity index (χ4n) is 3.49. The van der Waals surface area contributed by atoms with Crippen molar-refractivity contribution in [2.45, 2.75) is 45.2 Å². The minimum absolute atomic E-state index is 0.139. The quantitative estimate of drug-likeness (QED) is 0.785. The molecule has 1 aliphatic heterocycles. The third-order valence-corrected chi connectivity index (χ3v) is 4.91. The summed E-state index contributed by atoms with van der Waals surface area (Å²) in [6.45, 7) is 4.73. The first-order valence-corrected chi connectivity index (χ1v) is 9.69. The highest BCUT2D eigenvalue weighted by molar-refractivity contribution is 5.81. The van der Waals surface area contributed by atoms with Crippen molar-refractivity contribution in [1.82, 2.24) is 30.4 Å². The van der Waals surface area contributed by atoms with Crippen LogP contribution in [0.2, 0.25) is 0 Å². The van der Waals surface area contributed by atoms with E-state index in [2.05, 4.69) is 20.8 Å². The molecule has 3 rings (SSSR count). The van der Waals surface area contributed by atoms with Crippen LogP contribution >= 0.6 is 0 Å². The molecule has 0 spiro atoms. The number of nitrogens with one attached hydrogen (secondary N) is 1. The van der Waals surface area contributed by atoms with Gasteiger partial charge in [0.15, 0.2) is 0 Å². The van der Waals surface area contributed by atoms with E-state index >= 15 is 0 Å². The summed E-state index contributed by atoms with van der Waals surface area (Å²) in [5.41, 5.74) is 0.804. The fraction of sp³-hybridized carbons (Fsp3) is 0.526. The van der Waals surface area contributed by atoms with Crippen molar-refractivity contribution in [1.29, 1.82) is 0 Å². The maximum absolute atomic E-state index is 13.4. The van der Waals surface area contributed by atoms with Crippen LogP contribution in [-0.2, 0) is 16.0 Å². The van der Waals surface area contributed by atoms with Crippen LogP contribution in [0.5, 0.6) is 0 Å². The summed E-state index contributed by atoms with van der Waals surface area (Å²) in [4.78, 5) is 26.8. The molecule has 1 aliphatic rings. The number of nitrogens with zero attached hydrogens (tertiary/aromatic N) is 5. The van der Waals surface area contributed by atoms with Gasteiger partial charge in [0.2, 0.25) is 5.91 Å². The van der Waals surface area contributed by atoms with Crippen LogP contribution in [0.4, 0.5) is 9.18 Å². The second-order valence-corrected chi connectivity index (χ2v) is 7.01. The Morgan fingerprint density at radius 2 is 2.10 bits per heavy atom. The highest BCUT2D eigenvalue weighted by Gasteiger charge is 2.32. The van der Waals surface area contributed by atoms with Crippen LogP contribution < -0.4 is 5.32 Å². The monoisotopic (exact) mass is 404 g/mol. The van der Waals surface area contributed by atoms with Gasteiger partial charge in [-0.3, -0.25) is 4.79 Å². The number of hydrogen-bond donors (Lipinski definition) is 1. The zero-order valence-corrected chi connectivity index (χ0v) is 16.5. The Morgan fingerprint density at radius 1 is 1.34 bits per heavy atom. The molecule has 29 heavy (non-hydrogen) atoms. The lowest BCUT2D eigenvalue weighted by Crippen LogP contribution is -2.51. The Morgan fingerprint density at radius 3 is 2.76 bits per heavy atom. The van der Waals surface area contributed by atoms with Gasteiger partial charge in [0, 0.05) is 25.6 Å². The average molecular weight is 404 g/mol. The Hall–Kier alpha value is -3.04. The molecule has 156 valence electrons. The molecule has 2 amide bonds. The van der Waals surface area contributed by atoms with Gasteiger partial charge in [-0.05, 0) is 54.8 Å². The molecule has 2 heterocycles. The third-order valence-electron chi connectivity index (χ3n) is 4.91. The molecule has 0 aliphatic carbocycles. The van der Waals surface area contributed by atoms with Crippen molar-refractivity contribution in [2.24, 2.45) is 0 Å². The summed E-state index contributed by atoms with van der Waals surface area (Å²) in [5.74, 6) is 0.0443. The zero-order valence-electron chi connectivity index (χ0n) is 16.5. The number of carbonyl (C=O) groups is 2. The number of rotatable bonds is 6. The standard InChI is InChI=1S/C19H25FN6O3/c1-3-29-19(28)21-16-5-4-10-25(12-16)18(27)17(26-13(2)22-23-24-26)11-14-6-8-15(20)9-7-14/h6-9,16-17H,3-5,10-12H2,1-2H3,(H,21,28). The predicted octanol–water partition coefficient (Wildman–Crippen LogP) is 1.64. The molecule has 1 aromatic heterocycles. The number of ether oxygens (including phenoxy) is 1. The molecule has 9 nitrogen and oxygen atoms in total. The van der Waals surface area contributed by atoms with Crippen molar-refractivity contribution < 1.29 is 18.7 Å². The van der Waals surface area contributed by atoms with Crippen molar-refractivity contribution in [3.63, 3.8) is 0 Å². The second-order valence-electron chi connectivity index (χ2n) is 7.01. The normalized spacial score (nSPS) is 17.6. The Bertz CT molecular complexity index is 841. The number of aryl methyl sites for hydroxylation is 1. The molecule has 2 atom stereocenters. The number of tetrazole rings is 1. The van der Waals surface area contributed by atoms with Gasteiger partial charge in [-0.1, -0.05) is 12.1 Å². The number of carbonyl (C=O) groups excluding carboxylic acids is 2. The summed E-state index contributed by atoms with van der Waals surface area (Å²) in [6, 6.07) is 5.20. The number of halogens is 1. The first-order valence-electron chi connectivity index (χ1n) is 9.69. The predicted molar refractivity (Wildman–Crippen MR) is 101 cm³/mol. The van der Waals surface area contributed by atoms with E-state index in [0.29, 0.717) is 31.9 Å². The van der Waals surface area contributed by atoms with E-state index in [-0.39, 0.29) is 17.8 Å². The van der Waals surface area contributed by atoms with E-state index in [9.17, 15) is 14.0 Å². The van der Waals surface area contributed by atoms with Crippen LogP contribution in [0.15, 0.2) is 24.3 Å². The maximum Gasteiger partial charge on any atom is 0.407 e. The first-order chi connectivity index (χ1) is 14.0. The minimum atomic E-state index is -0.656. The third kappa shape index (κ3) is 5.27. The number of aromatic nitrogens is 4. The number of amides is 2. The van der Waals surface area contributed by atoms with Crippen LogP contribution in [0.3, 0.4) is 0 Å². The summed E-state index contributed by atoms with van der Waals surface area (Å²) < 4.78 is 19.7.